The molecule has 7 nitrogen and oxygen atoms in total. The number of hydrogen-bond donors (Lipinski definition) is 2. The smallest absolute Gasteiger partial charge is 0.251 e. The molecular weight excluding hydrogens is 384 g/mol. The Labute approximate surface area is 177 Å². The number of hydrogen-bond acceptors (Lipinski definition) is 5. The van der Waals surface area contributed by atoms with Crippen molar-refractivity contribution in [2.75, 3.05) is 27.9 Å². The molecule has 0 aliphatic rings. The van der Waals surface area contributed by atoms with E-state index >= 15 is 0 Å². The van der Waals surface area contributed by atoms with Crippen molar-refractivity contribution < 1.29 is 23.8 Å². The molecule has 0 aromatic heterocycles. The number of rotatable bonds is 11. The molecule has 7 heteroatoms. The summed E-state index contributed by atoms with van der Waals surface area (Å²) in [5.74, 6) is 0.791. The molecule has 0 bridgehead atoms. The lowest BCUT2D eigenvalue weighted by atomic mass is 10.1. The van der Waals surface area contributed by atoms with Gasteiger partial charge in [-0.05, 0) is 37.5 Å². The van der Waals surface area contributed by atoms with Crippen LogP contribution in [0.5, 0.6) is 17.2 Å². The number of carbonyl (C=O) groups excluding carboxylic acids is 2. The fraction of sp³-hybridized carbons (Fsp3) is 0.391. The van der Waals surface area contributed by atoms with Crippen LogP contribution in [0.2, 0.25) is 0 Å². The lowest BCUT2D eigenvalue weighted by molar-refractivity contribution is -0.121. The number of nitrogens with one attached hydrogen (secondary N) is 2. The number of aryl methyl sites for hydroxylation is 1. The largest absolute Gasteiger partial charge is 0.493 e. The van der Waals surface area contributed by atoms with Crippen LogP contribution >= 0.6 is 0 Å². The van der Waals surface area contributed by atoms with Crippen LogP contribution in [0.15, 0.2) is 42.5 Å². The molecule has 2 aromatic rings. The maximum Gasteiger partial charge on any atom is 0.251 e. The van der Waals surface area contributed by atoms with E-state index in [0.29, 0.717) is 22.8 Å². The van der Waals surface area contributed by atoms with E-state index in [1.165, 1.54) is 26.9 Å². The highest BCUT2D eigenvalue weighted by Gasteiger charge is 2.17. The van der Waals surface area contributed by atoms with Gasteiger partial charge in [0.2, 0.25) is 11.7 Å². The van der Waals surface area contributed by atoms with Crippen LogP contribution in [0.4, 0.5) is 0 Å². The Morgan fingerprint density at radius 2 is 1.60 bits per heavy atom. The SMILES string of the molecule is COc1cc(C(=O)NCCC(=O)N[C@@H](C)CCc2ccccc2)cc(OC)c1OC. The molecule has 2 rings (SSSR count). The molecule has 1 atom stereocenters. The van der Waals surface area contributed by atoms with Gasteiger partial charge in [0.1, 0.15) is 0 Å². The van der Waals surface area contributed by atoms with E-state index in [4.69, 9.17) is 14.2 Å². The summed E-state index contributed by atoms with van der Waals surface area (Å²) in [6.45, 7) is 2.21. The zero-order valence-corrected chi connectivity index (χ0v) is 18.0. The van der Waals surface area contributed by atoms with Crippen LogP contribution in [-0.4, -0.2) is 45.7 Å². The second-order valence-electron chi connectivity index (χ2n) is 6.91. The van der Waals surface area contributed by atoms with Gasteiger partial charge in [-0.15, -0.1) is 0 Å². The van der Waals surface area contributed by atoms with Gasteiger partial charge in [0.25, 0.3) is 5.91 Å². The van der Waals surface area contributed by atoms with Crippen molar-refractivity contribution in [1.82, 2.24) is 10.6 Å². The molecule has 0 aliphatic heterocycles. The first kappa shape index (κ1) is 23.1. The maximum absolute atomic E-state index is 12.4. The molecule has 2 amide bonds. The molecule has 0 heterocycles. The summed E-state index contributed by atoms with van der Waals surface area (Å²) < 4.78 is 15.8. The fourth-order valence-corrected chi connectivity index (χ4v) is 3.05. The van der Waals surface area contributed by atoms with Crippen LogP contribution in [0.3, 0.4) is 0 Å². The normalized spacial score (nSPS) is 11.3. The van der Waals surface area contributed by atoms with Gasteiger partial charge < -0.3 is 24.8 Å². The van der Waals surface area contributed by atoms with Gasteiger partial charge in [-0.3, -0.25) is 9.59 Å². The van der Waals surface area contributed by atoms with Crippen LogP contribution in [0.25, 0.3) is 0 Å². The van der Waals surface area contributed by atoms with Gasteiger partial charge in [0.05, 0.1) is 21.3 Å². The van der Waals surface area contributed by atoms with Crippen LogP contribution in [0, 0.1) is 0 Å². The minimum atomic E-state index is -0.320. The third-order valence-corrected chi connectivity index (χ3v) is 4.68. The molecule has 0 aliphatic carbocycles. The Morgan fingerprint density at radius 3 is 2.17 bits per heavy atom. The molecule has 162 valence electrons. The summed E-state index contributed by atoms with van der Waals surface area (Å²) in [7, 11) is 4.48. The first-order chi connectivity index (χ1) is 14.5. The monoisotopic (exact) mass is 414 g/mol. The highest BCUT2D eigenvalue weighted by molar-refractivity contribution is 5.95. The number of ether oxygens (including phenoxy) is 3. The predicted octanol–water partition coefficient (Wildman–Crippen LogP) is 2.97. The van der Waals surface area contributed by atoms with E-state index < -0.39 is 0 Å². The first-order valence-electron chi connectivity index (χ1n) is 9.90. The Balaban J connectivity index is 1.80. The molecule has 2 aromatic carbocycles. The van der Waals surface area contributed by atoms with Crippen LogP contribution in [0.1, 0.15) is 35.7 Å². The van der Waals surface area contributed by atoms with Gasteiger partial charge >= 0.3 is 0 Å². The third-order valence-electron chi connectivity index (χ3n) is 4.68. The van der Waals surface area contributed by atoms with Gasteiger partial charge in [-0.25, -0.2) is 0 Å². The lowest BCUT2D eigenvalue weighted by Gasteiger charge is -2.15. The lowest BCUT2D eigenvalue weighted by Crippen LogP contribution is -2.35. The van der Waals surface area contributed by atoms with E-state index in [2.05, 4.69) is 22.8 Å². The molecule has 0 saturated heterocycles. The number of methoxy groups -OCH3 is 3. The Kier molecular flexibility index (Phi) is 9.00. The van der Waals surface area contributed by atoms with E-state index in [-0.39, 0.29) is 30.8 Å². The molecule has 2 N–H and O–H groups in total. The number of carbonyl (C=O) groups is 2. The number of benzene rings is 2. The highest BCUT2D eigenvalue weighted by atomic mass is 16.5. The van der Waals surface area contributed by atoms with Crippen molar-refractivity contribution in [3.05, 3.63) is 53.6 Å². The zero-order chi connectivity index (χ0) is 21.9. The molecular formula is C23H30N2O5. The second-order valence-corrected chi connectivity index (χ2v) is 6.91. The van der Waals surface area contributed by atoms with Crippen molar-refractivity contribution in [1.29, 1.82) is 0 Å². The average Bonchev–Trinajstić information content (AvgIpc) is 2.77. The predicted molar refractivity (Wildman–Crippen MR) is 115 cm³/mol. The quantitative estimate of drug-likeness (QED) is 0.590. The van der Waals surface area contributed by atoms with Crippen LogP contribution < -0.4 is 24.8 Å². The molecule has 0 unspecified atom stereocenters. The minimum Gasteiger partial charge on any atom is -0.493 e. The van der Waals surface area contributed by atoms with E-state index in [0.717, 1.165) is 12.8 Å². The summed E-state index contributed by atoms with van der Waals surface area (Å²) in [6.07, 6.45) is 1.96. The summed E-state index contributed by atoms with van der Waals surface area (Å²) in [5.41, 5.74) is 1.61. The standard InChI is InChI=1S/C23H30N2O5/c1-16(10-11-17-8-6-5-7-9-17)25-21(26)12-13-24-23(27)18-14-19(28-2)22(30-4)20(15-18)29-3/h5-9,14-16H,10-13H2,1-4H3,(H,24,27)(H,25,26)/t16-/m0/s1. The first-order valence-corrected chi connectivity index (χ1v) is 9.90. The molecule has 0 radical (unpaired) electrons. The fourth-order valence-electron chi connectivity index (χ4n) is 3.05. The van der Waals surface area contributed by atoms with Crippen LogP contribution in [-0.2, 0) is 11.2 Å². The van der Waals surface area contributed by atoms with Crippen molar-refractivity contribution in [2.45, 2.75) is 32.2 Å². The van der Waals surface area contributed by atoms with Crippen molar-refractivity contribution in [2.24, 2.45) is 0 Å². The molecule has 0 spiro atoms. The Morgan fingerprint density at radius 1 is 0.967 bits per heavy atom. The van der Waals surface area contributed by atoms with E-state index in [1.54, 1.807) is 12.1 Å². The summed E-state index contributed by atoms with van der Waals surface area (Å²) >= 11 is 0. The third kappa shape index (κ3) is 6.69. The van der Waals surface area contributed by atoms with E-state index in [9.17, 15) is 9.59 Å². The molecule has 0 fully saturated rings. The minimum absolute atomic E-state index is 0.0588. The van der Waals surface area contributed by atoms with Gasteiger partial charge in [0, 0.05) is 24.6 Å². The second kappa shape index (κ2) is 11.7. The topological polar surface area (TPSA) is 85.9 Å². The van der Waals surface area contributed by atoms with Crippen molar-refractivity contribution in [3.63, 3.8) is 0 Å². The summed E-state index contributed by atoms with van der Waals surface area (Å²) in [6, 6.07) is 13.4. The molecule has 30 heavy (non-hydrogen) atoms. The molecule has 0 saturated carbocycles. The zero-order valence-electron chi connectivity index (χ0n) is 18.0. The highest BCUT2D eigenvalue weighted by Crippen LogP contribution is 2.38. The van der Waals surface area contributed by atoms with Gasteiger partial charge in [-0.1, -0.05) is 30.3 Å². The average molecular weight is 415 g/mol. The van der Waals surface area contributed by atoms with E-state index in [1.807, 2.05) is 25.1 Å². The summed E-state index contributed by atoms with van der Waals surface area (Å²) in [4.78, 5) is 24.6. The number of amides is 2. The maximum atomic E-state index is 12.4. The van der Waals surface area contributed by atoms with Crippen molar-refractivity contribution >= 4 is 11.8 Å². The summed E-state index contributed by atoms with van der Waals surface area (Å²) in [5, 5.41) is 5.72. The van der Waals surface area contributed by atoms with Gasteiger partial charge in [0.15, 0.2) is 11.5 Å². The van der Waals surface area contributed by atoms with Crippen molar-refractivity contribution in [3.8, 4) is 17.2 Å². The Bertz CT molecular complexity index is 814. The van der Waals surface area contributed by atoms with Gasteiger partial charge in [-0.2, -0.15) is 0 Å². The Hall–Kier alpha value is -3.22.